The lowest BCUT2D eigenvalue weighted by molar-refractivity contribution is 0.259. The first-order chi connectivity index (χ1) is 9.22. The van der Waals surface area contributed by atoms with E-state index >= 15 is 0 Å². The maximum absolute atomic E-state index is 5.95. The molecule has 102 valence electrons. The summed E-state index contributed by atoms with van der Waals surface area (Å²) in [6, 6.07) is 7.85. The zero-order valence-corrected chi connectivity index (χ0v) is 11.3. The molecule has 5 heteroatoms. The van der Waals surface area contributed by atoms with Crippen molar-refractivity contribution in [1.29, 1.82) is 0 Å². The van der Waals surface area contributed by atoms with E-state index in [9.17, 15) is 0 Å². The Kier molecular flexibility index (Phi) is 4.52. The highest BCUT2D eigenvalue weighted by Crippen LogP contribution is 2.19. The maximum atomic E-state index is 5.95. The summed E-state index contributed by atoms with van der Waals surface area (Å²) in [6.45, 7) is 4.32. The highest BCUT2D eigenvalue weighted by molar-refractivity contribution is 5.28. The summed E-state index contributed by atoms with van der Waals surface area (Å²) in [5.41, 5.74) is 7.07. The molecule has 1 heterocycles. The molecule has 0 saturated carbocycles. The average molecular weight is 261 g/mol. The van der Waals surface area contributed by atoms with Gasteiger partial charge in [0.15, 0.2) is 6.61 Å². The van der Waals surface area contributed by atoms with Crippen LogP contribution in [0.2, 0.25) is 0 Å². The van der Waals surface area contributed by atoms with Gasteiger partial charge in [0.2, 0.25) is 5.89 Å². The predicted octanol–water partition coefficient (Wildman–Crippen LogP) is 2.62. The Labute approximate surface area is 112 Å². The normalized spacial score (nSPS) is 12.4. The van der Waals surface area contributed by atoms with Crippen LogP contribution in [0, 0.1) is 0 Å². The summed E-state index contributed by atoms with van der Waals surface area (Å²) in [6.07, 6.45) is 1.65. The number of aromatic nitrogens is 2. The zero-order chi connectivity index (χ0) is 13.7. The number of rotatable bonds is 6. The van der Waals surface area contributed by atoms with Gasteiger partial charge in [-0.3, -0.25) is 0 Å². The van der Waals surface area contributed by atoms with Crippen LogP contribution in [0.25, 0.3) is 0 Å². The molecule has 1 aromatic heterocycles. The van der Waals surface area contributed by atoms with Crippen molar-refractivity contribution in [1.82, 2.24) is 10.2 Å². The second-order valence-corrected chi connectivity index (χ2v) is 4.32. The fraction of sp³-hybridized carbons (Fsp3) is 0.429. The first-order valence-corrected chi connectivity index (χ1v) is 6.52. The molecular formula is C14H19N3O2. The highest BCUT2D eigenvalue weighted by Gasteiger charge is 2.06. The quantitative estimate of drug-likeness (QED) is 0.865. The zero-order valence-electron chi connectivity index (χ0n) is 11.3. The van der Waals surface area contributed by atoms with E-state index in [4.69, 9.17) is 14.9 Å². The van der Waals surface area contributed by atoms with Crippen molar-refractivity contribution >= 4 is 0 Å². The molecule has 0 aliphatic rings. The van der Waals surface area contributed by atoms with Gasteiger partial charge in [-0.2, -0.15) is 0 Å². The van der Waals surface area contributed by atoms with E-state index in [2.05, 4.69) is 17.1 Å². The summed E-state index contributed by atoms with van der Waals surface area (Å²) in [7, 11) is 0. The Bertz CT molecular complexity index is 508. The third-order valence-corrected chi connectivity index (χ3v) is 2.92. The molecule has 2 aromatic rings. The van der Waals surface area contributed by atoms with E-state index in [1.54, 1.807) is 0 Å². The summed E-state index contributed by atoms with van der Waals surface area (Å²) >= 11 is 0. The minimum Gasteiger partial charge on any atom is -0.484 e. The topological polar surface area (TPSA) is 74.2 Å². The fourth-order valence-corrected chi connectivity index (χ4v) is 1.68. The summed E-state index contributed by atoms with van der Waals surface area (Å²) in [5.74, 6) is 1.89. The van der Waals surface area contributed by atoms with E-state index in [1.165, 1.54) is 0 Å². The first-order valence-electron chi connectivity index (χ1n) is 6.52. The minimum atomic E-state index is 0.0807. The van der Waals surface area contributed by atoms with Gasteiger partial charge in [-0.05, 0) is 24.1 Å². The Balaban J connectivity index is 1.92. The van der Waals surface area contributed by atoms with Gasteiger partial charge < -0.3 is 14.9 Å². The van der Waals surface area contributed by atoms with Crippen molar-refractivity contribution in [2.75, 3.05) is 0 Å². The van der Waals surface area contributed by atoms with Crippen molar-refractivity contribution in [2.45, 2.75) is 39.3 Å². The second-order valence-electron chi connectivity index (χ2n) is 4.32. The lowest BCUT2D eigenvalue weighted by Gasteiger charge is -2.10. The van der Waals surface area contributed by atoms with Crippen LogP contribution in [-0.4, -0.2) is 10.2 Å². The first kappa shape index (κ1) is 13.5. The molecule has 0 amide bonds. The van der Waals surface area contributed by atoms with Gasteiger partial charge in [-0.15, -0.1) is 10.2 Å². The number of aryl methyl sites for hydroxylation is 1. The molecule has 0 spiro atoms. The van der Waals surface area contributed by atoms with Gasteiger partial charge in [0.25, 0.3) is 5.89 Å². The third kappa shape index (κ3) is 3.54. The highest BCUT2D eigenvalue weighted by atomic mass is 16.5. The van der Waals surface area contributed by atoms with Crippen LogP contribution in [-0.2, 0) is 13.0 Å². The van der Waals surface area contributed by atoms with E-state index in [-0.39, 0.29) is 12.6 Å². The van der Waals surface area contributed by atoms with Gasteiger partial charge >= 0.3 is 0 Å². The lowest BCUT2D eigenvalue weighted by Crippen LogP contribution is -2.08. The molecule has 0 radical (unpaired) electrons. The number of hydrogen-bond donors (Lipinski definition) is 1. The molecule has 1 unspecified atom stereocenters. The van der Waals surface area contributed by atoms with E-state index in [0.717, 1.165) is 24.2 Å². The second kappa shape index (κ2) is 6.33. The van der Waals surface area contributed by atoms with Crippen molar-refractivity contribution in [3.8, 4) is 5.75 Å². The van der Waals surface area contributed by atoms with E-state index < -0.39 is 0 Å². The molecule has 19 heavy (non-hydrogen) atoms. The van der Waals surface area contributed by atoms with Gasteiger partial charge in [0.05, 0.1) is 0 Å². The van der Waals surface area contributed by atoms with E-state index in [0.29, 0.717) is 11.8 Å². The molecule has 0 bridgehead atoms. The van der Waals surface area contributed by atoms with Gasteiger partial charge in [-0.25, -0.2) is 0 Å². The molecule has 0 fully saturated rings. The van der Waals surface area contributed by atoms with Crippen LogP contribution in [0.4, 0.5) is 0 Å². The van der Waals surface area contributed by atoms with Gasteiger partial charge in [-0.1, -0.05) is 26.0 Å². The average Bonchev–Trinajstić information content (AvgIpc) is 2.93. The van der Waals surface area contributed by atoms with Crippen LogP contribution >= 0.6 is 0 Å². The molecule has 0 aliphatic carbocycles. The third-order valence-electron chi connectivity index (χ3n) is 2.92. The Morgan fingerprint density at radius 2 is 1.84 bits per heavy atom. The SMILES string of the molecule is CCc1nnc(COc2ccc(C(N)CC)cc2)o1. The Morgan fingerprint density at radius 3 is 2.42 bits per heavy atom. The summed E-state index contributed by atoms with van der Waals surface area (Å²) in [5, 5.41) is 7.78. The molecule has 0 saturated heterocycles. The van der Waals surface area contributed by atoms with Gasteiger partial charge in [0, 0.05) is 12.5 Å². The van der Waals surface area contributed by atoms with Crippen molar-refractivity contribution in [3.05, 3.63) is 41.6 Å². The molecule has 0 aliphatic heterocycles. The largest absolute Gasteiger partial charge is 0.484 e. The van der Waals surface area contributed by atoms with Crippen molar-refractivity contribution < 1.29 is 9.15 Å². The van der Waals surface area contributed by atoms with Crippen LogP contribution < -0.4 is 10.5 Å². The van der Waals surface area contributed by atoms with Crippen LogP contribution in [0.3, 0.4) is 0 Å². The minimum absolute atomic E-state index is 0.0807. The molecule has 5 nitrogen and oxygen atoms in total. The molecular weight excluding hydrogens is 242 g/mol. The molecule has 2 rings (SSSR count). The Morgan fingerprint density at radius 1 is 1.16 bits per heavy atom. The van der Waals surface area contributed by atoms with Crippen LogP contribution in [0.15, 0.2) is 28.7 Å². The summed E-state index contributed by atoms with van der Waals surface area (Å²) < 4.78 is 10.9. The molecule has 2 N–H and O–H groups in total. The number of ether oxygens (including phenoxy) is 1. The monoisotopic (exact) mass is 261 g/mol. The number of nitrogens with two attached hydrogens (primary N) is 1. The van der Waals surface area contributed by atoms with Crippen molar-refractivity contribution in [2.24, 2.45) is 5.73 Å². The summed E-state index contributed by atoms with van der Waals surface area (Å²) in [4.78, 5) is 0. The molecule has 1 aromatic carbocycles. The number of benzene rings is 1. The van der Waals surface area contributed by atoms with Gasteiger partial charge in [0.1, 0.15) is 5.75 Å². The maximum Gasteiger partial charge on any atom is 0.253 e. The lowest BCUT2D eigenvalue weighted by atomic mass is 10.1. The standard InChI is InChI=1S/C14H19N3O2/c1-3-12(15)10-5-7-11(8-6-10)18-9-14-17-16-13(4-2)19-14/h5-8,12H,3-4,9,15H2,1-2H3. The van der Waals surface area contributed by atoms with Crippen LogP contribution in [0.5, 0.6) is 5.75 Å². The van der Waals surface area contributed by atoms with Crippen molar-refractivity contribution in [3.63, 3.8) is 0 Å². The number of hydrogen-bond acceptors (Lipinski definition) is 5. The number of nitrogens with zero attached hydrogens (tertiary/aromatic N) is 2. The predicted molar refractivity (Wildman–Crippen MR) is 71.7 cm³/mol. The van der Waals surface area contributed by atoms with E-state index in [1.807, 2.05) is 31.2 Å². The fourth-order valence-electron chi connectivity index (χ4n) is 1.68. The molecule has 1 atom stereocenters. The Hall–Kier alpha value is -1.88. The van der Waals surface area contributed by atoms with Crippen LogP contribution in [0.1, 0.15) is 43.7 Å². The smallest absolute Gasteiger partial charge is 0.253 e.